The van der Waals surface area contributed by atoms with Crippen molar-refractivity contribution in [3.8, 4) is 0 Å². The Bertz CT molecular complexity index is 250. The summed E-state index contributed by atoms with van der Waals surface area (Å²) in [7, 11) is 2.09. The SMILES string of the molecule is CCN(CCO)CC1CC(C(C)(C)C)CCC1NC. The average molecular weight is 270 g/mol. The molecule has 0 heterocycles. The number of likely N-dealkylation sites (N-methyl/N-ethyl adjacent to an activating group) is 1. The molecule has 0 aliphatic heterocycles. The molecule has 0 aromatic heterocycles. The van der Waals surface area contributed by atoms with Crippen molar-refractivity contribution in [3.63, 3.8) is 0 Å². The summed E-state index contributed by atoms with van der Waals surface area (Å²) in [5, 5.41) is 12.7. The van der Waals surface area contributed by atoms with E-state index in [1.54, 1.807) is 0 Å². The molecule has 0 aromatic rings. The molecule has 0 spiro atoms. The van der Waals surface area contributed by atoms with Crippen molar-refractivity contribution in [1.82, 2.24) is 10.2 Å². The molecule has 19 heavy (non-hydrogen) atoms. The standard InChI is InChI=1S/C16H34N2O/c1-6-18(9-10-19)12-13-11-14(16(2,3)4)7-8-15(13)17-5/h13-15,17,19H,6-12H2,1-5H3. The molecule has 1 rings (SSSR count). The van der Waals surface area contributed by atoms with Crippen LogP contribution in [0.15, 0.2) is 0 Å². The fourth-order valence-corrected chi connectivity index (χ4v) is 3.48. The molecular weight excluding hydrogens is 236 g/mol. The van der Waals surface area contributed by atoms with E-state index in [-0.39, 0.29) is 6.61 Å². The zero-order valence-corrected chi connectivity index (χ0v) is 13.6. The maximum absolute atomic E-state index is 9.14. The maximum Gasteiger partial charge on any atom is 0.0558 e. The Morgan fingerprint density at radius 2 is 1.95 bits per heavy atom. The lowest BCUT2D eigenvalue weighted by Crippen LogP contribution is -2.46. The van der Waals surface area contributed by atoms with E-state index in [1.165, 1.54) is 19.3 Å². The van der Waals surface area contributed by atoms with Crippen molar-refractivity contribution in [3.05, 3.63) is 0 Å². The molecule has 3 unspecified atom stereocenters. The van der Waals surface area contributed by atoms with Crippen molar-refractivity contribution in [2.75, 3.05) is 33.3 Å². The molecule has 0 saturated heterocycles. The molecule has 3 atom stereocenters. The van der Waals surface area contributed by atoms with Gasteiger partial charge in [0, 0.05) is 19.1 Å². The Morgan fingerprint density at radius 1 is 1.26 bits per heavy atom. The van der Waals surface area contributed by atoms with Crippen molar-refractivity contribution in [1.29, 1.82) is 0 Å². The molecule has 3 nitrogen and oxygen atoms in total. The maximum atomic E-state index is 9.14. The molecule has 1 aliphatic rings. The van der Waals surface area contributed by atoms with Crippen LogP contribution >= 0.6 is 0 Å². The van der Waals surface area contributed by atoms with E-state index in [1.807, 2.05) is 0 Å². The van der Waals surface area contributed by atoms with Crippen molar-refractivity contribution in [2.45, 2.75) is 53.0 Å². The monoisotopic (exact) mass is 270 g/mol. The topological polar surface area (TPSA) is 35.5 Å². The number of rotatable bonds is 6. The summed E-state index contributed by atoms with van der Waals surface area (Å²) < 4.78 is 0. The predicted octanol–water partition coefficient (Wildman–Crippen LogP) is 2.35. The molecule has 0 aromatic carbocycles. The number of nitrogens with zero attached hydrogens (tertiary/aromatic N) is 1. The van der Waals surface area contributed by atoms with Crippen LogP contribution in [0.2, 0.25) is 0 Å². The molecule has 3 heteroatoms. The summed E-state index contributed by atoms with van der Waals surface area (Å²) in [6.45, 7) is 12.5. The summed E-state index contributed by atoms with van der Waals surface area (Å²) in [4.78, 5) is 2.39. The van der Waals surface area contributed by atoms with Crippen LogP contribution in [0, 0.1) is 17.3 Å². The average Bonchev–Trinajstić information content (AvgIpc) is 2.37. The lowest BCUT2D eigenvalue weighted by molar-refractivity contribution is 0.0850. The number of nitrogens with one attached hydrogen (secondary N) is 1. The van der Waals surface area contributed by atoms with Gasteiger partial charge in [-0.2, -0.15) is 0 Å². The van der Waals surface area contributed by atoms with Crippen LogP contribution in [0.3, 0.4) is 0 Å². The quantitative estimate of drug-likeness (QED) is 0.778. The molecule has 1 fully saturated rings. The van der Waals surface area contributed by atoms with Crippen LogP contribution in [-0.4, -0.2) is 49.3 Å². The van der Waals surface area contributed by atoms with Gasteiger partial charge in [-0.05, 0) is 50.1 Å². The van der Waals surface area contributed by atoms with E-state index in [0.29, 0.717) is 11.5 Å². The van der Waals surface area contributed by atoms with Gasteiger partial charge in [0.05, 0.1) is 6.61 Å². The number of aliphatic hydroxyl groups excluding tert-OH is 1. The van der Waals surface area contributed by atoms with Gasteiger partial charge < -0.3 is 15.3 Å². The highest BCUT2D eigenvalue weighted by Gasteiger charge is 2.35. The van der Waals surface area contributed by atoms with Crippen molar-refractivity contribution >= 4 is 0 Å². The Morgan fingerprint density at radius 3 is 2.42 bits per heavy atom. The molecule has 0 radical (unpaired) electrons. The predicted molar refractivity (Wildman–Crippen MR) is 82.3 cm³/mol. The summed E-state index contributed by atoms with van der Waals surface area (Å²) in [5.41, 5.74) is 0.422. The fourth-order valence-electron chi connectivity index (χ4n) is 3.48. The first-order valence-electron chi connectivity index (χ1n) is 7.92. The van der Waals surface area contributed by atoms with Crippen LogP contribution in [0.4, 0.5) is 0 Å². The van der Waals surface area contributed by atoms with Gasteiger partial charge in [0.1, 0.15) is 0 Å². The van der Waals surface area contributed by atoms with E-state index in [2.05, 4.69) is 45.0 Å². The largest absolute Gasteiger partial charge is 0.395 e. The van der Waals surface area contributed by atoms with Gasteiger partial charge in [-0.1, -0.05) is 27.7 Å². The Balaban J connectivity index is 2.64. The molecule has 1 saturated carbocycles. The van der Waals surface area contributed by atoms with Crippen LogP contribution in [0.1, 0.15) is 47.0 Å². The van der Waals surface area contributed by atoms with Gasteiger partial charge in [-0.25, -0.2) is 0 Å². The van der Waals surface area contributed by atoms with Gasteiger partial charge in [0.15, 0.2) is 0 Å². The zero-order valence-electron chi connectivity index (χ0n) is 13.6. The lowest BCUT2D eigenvalue weighted by Gasteiger charge is -2.43. The highest BCUT2D eigenvalue weighted by Crippen LogP contribution is 2.40. The second-order valence-electron chi connectivity index (χ2n) is 7.15. The first kappa shape index (κ1) is 16.9. The second-order valence-corrected chi connectivity index (χ2v) is 7.15. The molecule has 1 aliphatic carbocycles. The van der Waals surface area contributed by atoms with Gasteiger partial charge in [-0.3, -0.25) is 0 Å². The third kappa shape index (κ3) is 5.05. The Hall–Kier alpha value is -0.120. The number of hydrogen-bond donors (Lipinski definition) is 2. The van der Waals surface area contributed by atoms with Crippen LogP contribution in [0.25, 0.3) is 0 Å². The van der Waals surface area contributed by atoms with E-state index in [0.717, 1.165) is 31.5 Å². The minimum absolute atomic E-state index is 0.271. The van der Waals surface area contributed by atoms with E-state index in [9.17, 15) is 0 Å². The Kier molecular flexibility index (Phi) is 6.78. The number of aliphatic hydroxyl groups is 1. The molecular formula is C16H34N2O. The second kappa shape index (κ2) is 7.61. The molecule has 0 amide bonds. The van der Waals surface area contributed by atoms with Gasteiger partial charge in [0.2, 0.25) is 0 Å². The van der Waals surface area contributed by atoms with Gasteiger partial charge in [-0.15, -0.1) is 0 Å². The van der Waals surface area contributed by atoms with Crippen LogP contribution < -0.4 is 5.32 Å². The normalized spacial score (nSPS) is 28.9. The number of hydrogen-bond acceptors (Lipinski definition) is 3. The smallest absolute Gasteiger partial charge is 0.0558 e. The van der Waals surface area contributed by atoms with Crippen molar-refractivity contribution < 1.29 is 5.11 Å². The molecule has 2 N–H and O–H groups in total. The minimum atomic E-state index is 0.271. The van der Waals surface area contributed by atoms with Crippen LogP contribution in [0.5, 0.6) is 0 Å². The third-order valence-electron chi connectivity index (χ3n) is 4.93. The molecule has 0 bridgehead atoms. The summed E-state index contributed by atoms with van der Waals surface area (Å²) in [6, 6.07) is 0.645. The highest BCUT2D eigenvalue weighted by atomic mass is 16.3. The Labute approximate surface area is 119 Å². The summed E-state index contributed by atoms with van der Waals surface area (Å²) in [6.07, 6.45) is 3.95. The van der Waals surface area contributed by atoms with E-state index < -0.39 is 0 Å². The fraction of sp³-hybridized carbons (Fsp3) is 1.00. The summed E-state index contributed by atoms with van der Waals surface area (Å²) >= 11 is 0. The minimum Gasteiger partial charge on any atom is -0.395 e. The first-order chi connectivity index (χ1) is 8.92. The van der Waals surface area contributed by atoms with Gasteiger partial charge in [0.25, 0.3) is 0 Å². The van der Waals surface area contributed by atoms with Crippen molar-refractivity contribution in [2.24, 2.45) is 17.3 Å². The zero-order chi connectivity index (χ0) is 14.5. The van der Waals surface area contributed by atoms with Gasteiger partial charge >= 0.3 is 0 Å². The highest BCUT2D eigenvalue weighted by molar-refractivity contribution is 4.89. The van der Waals surface area contributed by atoms with E-state index >= 15 is 0 Å². The lowest BCUT2D eigenvalue weighted by atomic mass is 9.67. The third-order valence-corrected chi connectivity index (χ3v) is 4.93. The molecule has 114 valence electrons. The van der Waals surface area contributed by atoms with E-state index in [4.69, 9.17) is 5.11 Å². The summed E-state index contributed by atoms with van der Waals surface area (Å²) in [5.74, 6) is 1.55. The van der Waals surface area contributed by atoms with Crippen LogP contribution in [-0.2, 0) is 0 Å². The first-order valence-corrected chi connectivity index (χ1v) is 7.92.